The minimum absolute atomic E-state index is 0.733. The molecule has 0 unspecified atom stereocenters. The summed E-state index contributed by atoms with van der Waals surface area (Å²) in [6, 6.07) is 33.0. The first kappa shape index (κ1) is 21.7. The molecule has 0 radical (unpaired) electrons. The van der Waals surface area contributed by atoms with Gasteiger partial charge in [-0.3, -0.25) is 0 Å². The van der Waals surface area contributed by atoms with Crippen LogP contribution in [0.25, 0.3) is 53.9 Å². The van der Waals surface area contributed by atoms with Crippen molar-refractivity contribution in [2.45, 2.75) is 24.5 Å². The van der Waals surface area contributed by atoms with Crippen molar-refractivity contribution < 1.29 is 0 Å². The van der Waals surface area contributed by atoms with Crippen LogP contribution in [0.4, 0.5) is 0 Å². The summed E-state index contributed by atoms with van der Waals surface area (Å²) in [6.07, 6.45) is 7.09. The van der Waals surface area contributed by atoms with Gasteiger partial charge in [0.15, 0.2) is 0 Å². The molecule has 0 heterocycles. The van der Waals surface area contributed by atoms with E-state index in [1.54, 1.807) is 0 Å². The zero-order valence-corrected chi connectivity index (χ0v) is 22.8. The van der Waals surface area contributed by atoms with E-state index in [2.05, 4.69) is 123 Å². The lowest BCUT2D eigenvalue weighted by Gasteiger charge is -2.26. The summed E-state index contributed by atoms with van der Waals surface area (Å²) in [5.41, 5.74) is 0. The predicted molar refractivity (Wildman–Crippen MR) is 161 cm³/mol. The minimum Gasteiger partial charge on any atom is -0.223 e. The number of hydrogen-bond acceptors (Lipinski definition) is 0. The van der Waals surface area contributed by atoms with Crippen LogP contribution < -0.4 is 5.19 Å². The van der Waals surface area contributed by atoms with E-state index < -0.39 is 18.1 Å². The predicted octanol–water partition coefficient (Wildman–Crippen LogP) is 9.05. The van der Waals surface area contributed by atoms with E-state index in [9.17, 15) is 0 Å². The van der Waals surface area contributed by atoms with Crippen LogP contribution in [0.5, 0.6) is 0 Å². The third-order valence-corrected chi connectivity index (χ3v) is 11.0. The summed E-state index contributed by atoms with van der Waals surface area (Å²) in [5, 5.41) is 14.9. The smallest absolute Gasteiger partial charge is 0.0776 e. The highest BCUT2D eigenvalue weighted by molar-refractivity contribution is 8.32. The van der Waals surface area contributed by atoms with Crippen LogP contribution >= 0.6 is 10.0 Å². The maximum atomic E-state index is 2.42. The van der Waals surface area contributed by atoms with Crippen LogP contribution in [0.1, 0.15) is 0 Å². The Morgan fingerprint density at radius 3 is 1.47 bits per heavy atom. The Balaban J connectivity index is 1.60. The van der Waals surface area contributed by atoms with E-state index in [-0.39, 0.29) is 0 Å². The molecule has 0 spiro atoms. The molecule has 0 atom stereocenters. The zero-order valence-electron chi connectivity index (χ0n) is 21.0. The van der Waals surface area contributed by atoms with E-state index in [0.29, 0.717) is 0 Å². The fraction of sp³-hybridized carbons (Fsp3) is 0.188. The van der Waals surface area contributed by atoms with Crippen molar-refractivity contribution in [3.05, 3.63) is 84.9 Å². The van der Waals surface area contributed by atoms with Crippen molar-refractivity contribution in [1.82, 2.24) is 0 Å². The van der Waals surface area contributed by atoms with Gasteiger partial charge in [-0.1, -0.05) is 73.4 Å². The lowest BCUT2D eigenvalue weighted by molar-refractivity contribution is 1.48. The average Bonchev–Trinajstić information content (AvgIpc) is 2.79. The molecule has 0 aliphatic rings. The molecule has 0 aromatic heterocycles. The first-order valence-electron chi connectivity index (χ1n) is 12.0. The van der Waals surface area contributed by atoms with Gasteiger partial charge in [0.25, 0.3) is 0 Å². The SMILES string of the molecule is C[Si](C)(C)c1ccc2cc3c(ccc4c5cc6ccc(S(C)(C)C)cc6cc5ccc34)cc2c1. The second-order valence-electron chi connectivity index (χ2n) is 11.5. The maximum Gasteiger partial charge on any atom is 0.0776 e. The molecule has 6 aromatic carbocycles. The van der Waals surface area contributed by atoms with E-state index in [4.69, 9.17) is 0 Å². The lowest BCUT2D eigenvalue weighted by atomic mass is 9.94. The van der Waals surface area contributed by atoms with Gasteiger partial charge in [0.1, 0.15) is 0 Å². The van der Waals surface area contributed by atoms with Crippen LogP contribution in [0.15, 0.2) is 89.8 Å². The van der Waals surface area contributed by atoms with Gasteiger partial charge in [0.05, 0.1) is 8.07 Å². The zero-order chi connectivity index (χ0) is 23.8. The van der Waals surface area contributed by atoms with Gasteiger partial charge in [0.2, 0.25) is 0 Å². The van der Waals surface area contributed by atoms with Crippen LogP contribution in [-0.2, 0) is 0 Å². The van der Waals surface area contributed by atoms with Crippen LogP contribution in [0.2, 0.25) is 19.6 Å². The molecule has 6 aromatic rings. The van der Waals surface area contributed by atoms with Gasteiger partial charge < -0.3 is 0 Å². The average molecular weight is 477 g/mol. The Labute approximate surface area is 204 Å². The summed E-state index contributed by atoms with van der Waals surface area (Å²) < 4.78 is 0. The maximum absolute atomic E-state index is 2.42. The first-order valence-corrected chi connectivity index (χ1v) is 18.4. The van der Waals surface area contributed by atoms with Crippen molar-refractivity contribution in [1.29, 1.82) is 0 Å². The lowest BCUT2D eigenvalue weighted by Crippen LogP contribution is -2.37. The van der Waals surface area contributed by atoms with E-state index >= 15 is 0 Å². The van der Waals surface area contributed by atoms with Gasteiger partial charge in [-0.25, -0.2) is 10.0 Å². The van der Waals surface area contributed by atoms with Crippen molar-refractivity contribution in [3.8, 4) is 0 Å². The Bertz CT molecular complexity index is 1630. The summed E-state index contributed by atoms with van der Waals surface area (Å²) >= 11 is 0. The molecule has 2 heteroatoms. The standard InChI is InChI=1S/C32H32SSi/c1-33(2,3)27-11-7-21-19-31-23(15-25(21)17-27)9-13-30-29(31)14-10-24-16-26-18-28(34(4,5)6)12-8-22(26)20-32(24)30/h7-20H,1-6H3. The second-order valence-corrected chi connectivity index (χ2v) is 20.8. The normalized spacial score (nSPS) is 13.5. The third-order valence-electron chi connectivity index (χ3n) is 7.29. The number of hydrogen-bond donors (Lipinski definition) is 0. The molecule has 0 fully saturated rings. The Morgan fingerprint density at radius 2 is 0.941 bits per heavy atom. The van der Waals surface area contributed by atoms with E-state index in [1.807, 2.05) is 0 Å². The molecule has 0 N–H and O–H groups in total. The highest BCUT2D eigenvalue weighted by Gasteiger charge is 2.17. The monoisotopic (exact) mass is 476 g/mol. The van der Waals surface area contributed by atoms with Crippen LogP contribution in [0.3, 0.4) is 0 Å². The van der Waals surface area contributed by atoms with Crippen molar-refractivity contribution in [2.24, 2.45) is 0 Å². The van der Waals surface area contributed by atoms with Gasteiger partial charge in [0, 0.05) is 0 Å². The van der Waals surface area contributed by atoms with Crippen molar-refractivity contribution >= 4 is 77.2 Å². The Kier molecular flexibility index (Phi) is 4.69. The van der Waals surface area contributed by atoms with E-state index in [1.165, 1.54) is 63.9 Å². The fourth-order valence-electron chi connectivity index (χ4n) is 5.19. The van der Waals surface area contributed by atoms with Gasteiger partial charge in [-0.15, -0.1) is 0 Å². The summed E-state index contributed by atoms with van der Waals surface area (Å²) in [7, 11) is -2.06. The summed E-state index contributed by atoms with van der Waals surface area (Å²) in [6.45, 7) is 7.26. The molecule has 170 valence electrons. The largest absolute Gasteiger partial charge is 0.223 e. The number of rotatable bonds is 2. The van der Waals surface area contributed by atoms with Gasteiger partial charge in [-0.05, 0) is 114 Å². The number of benzene rings is 6. The molecule has 6 rings (SSSR count). The molecule has 0 nitrogen and oxygen atoms in total. The minimum atomic E-state index is -1.33. The van der Waals surface area contributed by atoms with E-state index in [0.717, 1.165) is 0 Å². The molecule has 0 bridgehead atoms. The molecule has 0 aliphatic carbocycles. The summed E-state index contributed by atoms with van der Waals surface area (Å²) in [4.78, 5) is 1.47. The molecule has 34 heavy (non-hydrogen) atoms. The van der Waals surface area contributed by atoms with Gasteiger partial charge >= 0.3 is 0 Å². The Morgan fingerprint density at radius 1 is 0.441 bits per heavy atom. The molecule has 0 aliphatic heterocycles. The fourth-order valence-corrected chi connectivity index (χ4v) is 7.32. The number of fused-ring (bicyclic) bond motifs is 7. The topological polar surface area (TPSA) is 0 Å². The summed E-state index contributed by atoms with van der Waals surface area (Å²) in [5.74, 6) is 0. The van der Waals surface area contributed by atoms with Crippen molar-refractivity contribution in [3.63, 3.8) is 0 Å². The molecule has 0 saturated heterocycles. The van der Waals surface area contributed by atoms with Gasteiger partial charge in [-0.2, -0.15) is 0 Å². The second kappa shape index (κ2) is 7.34. The molecular formula is C32H32SSi. The first-order chi connectivity index (χ1) is 16.1. The van der Waals surface area contributed by atoms with Crippen LogP contribution in [-0.4, -0.2) is 26.8 Å². The quantitative estimate of drug-likeness (QED) is 0.133. The molecular weight excluding hydrogens is 445 g/mol. The van der Waals surface area contributed by atoms with Crippen molar-refractivity contribution in [2.75, 3.05) is 18.8 Å². The molecule has 0 saturated carbocycles. The molecule has 0 amide bonds. The highest BCUT2D eigenvalue weighted by Crippen LogP contribution is 2.46. The third kappa shape index (κ3) is 3.52. The van der Waals surface area contributed by atoms with Crippen LogP contribution in [0, 0.1) is 0 Å². The highest BCUT2D eigenvalue weighted by atomic mass is 32.3. The Hall–Kier alpha value is -2.81.